The summed E-state index contributed by atoms with van der Waals surface area (Å²) in [4.78, 5) is 20.6. The highest BCUT2D eigenvalue weighted by atomic mass is 19.1. The number of rotatable bonds is 3. The van der Waals surface area contributed by atoms with E-state index in [2.05, 4.69) is 20.2 Å². The second-order valence-electron chi connectivity index (χ2n) is 3.44. The predicted octanol–water partition coefficient (Wildman–Crippen LogP) is 0.611. The van der Waals surface area contributed by atoms with Crippen LogP contribution >= 0.6 is 0 Å². The van der Waals surface area contributed by atoms with Crippen LogP contribution in [0.1, 0.15) is 16.3 Å². The molecular formula is C10H10FN5O. The summed E-state index contributed by atoms with van der Waals surface area (Å²) in [6.45, 7) is 0.261. The van der Waals surface area contributed by atoms with E-state index in [1.165, 1.54) is 29.4 Å². The van der Waals surface area contributed by atoms with Gasteiger partial charge in [-0.05, 0) is 12.1 Å². The molecule has 0 saturated heterocycles. The van der Waals surface area contributed by atoms with Gasteiger partial charge >= 0.3 is 0 Å². The van der Waals surface area contributed by atoms with Gasteiger partial charge in [-0.25, -0.2) is 9.97 Å². The SMILES string of the molecule is CN(Cc1ncn[nH]1)C(=O)c1cccc(F)n1. The molecule has 0 atom stereocenters. The molecule has 2 aromatic heterocycles. The lowest BCUT2D eigenvalue weighted by Crippen LogP contribution is -2.27. The number of aromatic nitrogens is 4. The van der Waals surface area contributed by atoms with Gasteiger partial charge in [0.1, 0.15) is 17.8 Å². The fourth-order valence-electron chi connectivity index (χ4n) is 1.33. The first-order valence-electron chi connectivity index (χ1n) is 4.89. The lowest BCUT2D eigenvalue weighted by molar-refractivity contribution is 0.0774. The number of pyridine rings is 1. The molecule has 0 spiro atoms. The van der Waals surface area contributed by atoms with E-state index >= 15 is 0 Å². The first kappa shape index (κ1) is 11.2. The molecule has 88 valence electrons. The molecule has 0 aliphatic rings. The van der Waals surface area contributed by atoms with E-state index in [9.17, 15) is 9.18 Å². The minimum atomic E-state index is -0.677. The van der Waals surface area contributed by atoms with Crippen LogP contribution in [0.15, 0.2) is 24.5 Å². The molecule has 0 aliphatic carbocycles. The topological polar surface area (TPSA) is 74.8 Å². The van der Waals surface area contributed by atoms with E-state index in [4.69, 9.17) is 0 Å². The van der Waals surface area contributed by atoms with Gasteiger partial charge in [-0.2, -0.15) is 9.49 Å². The van der Waals surface area contributed by atoms with Crippen molar-refractivity contribution in [2.24, 2.45) is 0 Å². The van der Waals surface area contributed by atoms with Crippen LogP contribution in [0.2, 0.25) is 0 Å². The first-order chi connectivity index (χ1) is 8.16. The number of hydrogen-bond acceptors (Lipinski definition) is 4. The highest BCUT2D eigenvalue weighted by molar-refractivity contribution is 5.91. The Morgan fingerprint density at radius 3 is 3.00 bits per heavy atom. The summed E-state index contributed by atoms with van der Waals surface area (Å²) in [7, 11) is 1.58. The molecule has 7 heteroatoms. The van der Waals surface area contributed by atoms with E-state index < -0.39 is 5.95 Å². The molecule has 0 bridgehead atoms. The number of carbonyl (C=O) groups excluding carboxylic acids is 1. The van der Waals surface area contributed by atoms with Gasteiger partial charge in [0, 0.05) is 7.05 Å². The fraction of sp³-hybridized carbons (Fsp3) is 0.200. The Hall–Kier alpha value is -2.31. The number of carbonyl (C=O) groups is 1. The monoisotopic (exact) mass is 235 g/mol. The van der Waals surface area contributed by atoms with E-state index in [0.717, 1.165) is 0 Å². The molecule has 0 fully saturated rings. The van der Waals surface area contributed by atoms with Crippen molar-refractivity contribution in [1.29, 1.82) is 0 Å². The van der Waals surface area contributed by atoms with Gasteiger partial charge in [-0.15, -0.1) is 0 Å². The minimum absolute atomic E-state index is 0.0621. The summed E-state index contributed by atoms with van der Waals surface area (Å²) in [6, 6.07) is 4.09. The summed E-state index contributed by atoms with van der Waals surface area (Å²) in [5.74, 6) is -0.498. The fourth-order valence-corrected chi connectivity index (χ4v) is 1.33. The van der Waals surface area contributed by atoms with E-state index in [0.29, 0.717) is 5.82 Å². The molecule has 2 aromatic rings. The van der Waals surface area contributed by atoms with Gasteiger partial charge in [0.2, 0.25) is 5.95 Å². The zero-order chi connectivity index (χ0) is 12.3. The summed E-state index contributed by atoms with van der Waals surface area (Å²) >= 11 is 0. The third-order valence-electron chi connectivity index (χ3n) is 2.13. The van der Waals surface area contributed by atoms with Crippen molar-refractivity contribution < 1.29 is 9.18 Å². The second-order valence-corrected chi connectivity index (χ2v) is 3.44. The Bertz CT molecular complexity index is 513. The van der Waals surface area contributed by atoms with E-state index in [1.807, 2.05) is 0 Å². The number of aromatic amines is 1. The van der Waals surface area contributed by atoms with Crippen LogP contribution in [0.5, 0.6) is 0 Å². The lowest BCUT2D eigenvalue weighted by Gasteiger charge is -2.14. The number of hydrogen-bond donors (Lipinski definition) is 1. The molecule has 0 unspecified atom stereocenters. The maximum atomic E-state index is 12.9. The van der Waals surface area contributed by atoms with E-state index in [1.54, 1.807) is 7.05 Å². The Balaban J connectivity index is 2.09. The van der Waals surface area contributed by atoms with Crippen LogP contribution in [0.3, 0.4) is 0 Å². The molecule has 0 saturated carbocycles. The van der Waals surface area contributed by atoms with Gasteiger partial charge < -0.3 is 4.90 Å². The highest BCUT2D eigenvalue weighted by Crippen LogP contribution is 2.04. The average Bonchev–Trinajstić information content (AvgIpc) is 2.80. The molecule has 2 heterocycles. The summed E-state index contributed by atoms with van der Waals surface area (Å²) in [6.07, 6.45) is 1.36. The summed E-state index contributed by atoms with van der Waals surface area (Å²) in [5.41, 5.74) is 0.0621. The number of nitrogens with zero attached hydrogens (tertiary/aromatic N) is 4. The summed E-state index contributed by atoms with van der Waals surface area (Å²) in [5, 5.41) is 6.31. The molecule has 0 aliphatic heterocycles. The number of halogens is 1. The zero-order valence-electron chi connectivity index (χ0n) is 9.09. The van der Waals surface area contributed by atoms with Crippen LogP contribution in [-0.2, 0) is 6.54 Å². The Labute approximate surface area is 96.5 Å². The van der Waals surface area contributed by atoms with Crippen LogP contribution in [-0.4, -0.2) is 38.0 Å². The second kappa shape index (κ2) is 4.69. The standard InChI is InChI=1S/C10H10FN5O/c1-16(5-9-12-6-13-15-9)10(17)7-3-2-4-8(11)14-7/h2-4,6H,5H2,1H3,(H,12,13,15). The number of amides is 1. The Morgan fingerprint density at radius 2 is 2.35 bits per heavy atom. The molecule has 6 nitrogen and oxygen atoms in total. The largest absolute Gasteiger partial charge is 0.333 e. The van der Waals surface area contributed by atoms with Gasteiger partial charge in [-0.1, -0.05) is 6.07 Å². The number of H-pyrrole nitrogens is 1. The van der Waals surface area contributed by atoms with Gasteiger partial charge in [0.25, 0.3) is 5.91 Å². The van der Waals surface area contributed by atoms with Gasteiger partial charge in [-0.3, -0.25) is 9.89 Å². The molecule has 0 radical (unpaired) electrons. The van der Waals surface area contributed by atoms with Crippen molar-refractivity contribution in [1.82, 2.24) is 25.1 Å². The maximum absolute atomic E-state index is 12.9. The third kappa shape index (κ3) is 2.63. The maximum Gasteiger partial charge on any atom is 0.272 e. The minimum Gasteiger partial charge on any atom is -0.333 e. The quantitative estimate of drug-likeness (QED) is 0.791. The normalized spacial score (nSPS) is 10.2. The van der Waals surface area contributed by atoms with Crippen LogP contribution < -0.4 is 0 Å². The van der Waals surface area contributed by atoms with Crippen molar-refractivity contribution in [2.75, 3.05) is 7.05 Å². The molecule has 1 amide bonds. The molecule has 0 aromatic carbocycles. The Morgan fingerprint density at radius 1 is 1.53 bits per heavy atom. The molecule has 1 N–H and O–H groups in total. The van der Waals surface area contributed by atoms with Crippen LogP contribution in [0, 0.1) is 5.95 Å². The van der Waals surface area contributed by atoms with Gasteiger partial charge in [0.15, 0.2) is 0 Å². The highest BCUT2D eigenvalue weighted by Gasteiger charge is 2.14. The summed E-state index contributed by atoms with van der Waals surface area (Å²) < 4.78 is 12.9. The average molecular weight is 235 g/mol. The zero-order valence-corrected chi connectivity index (χ0v) is 9.09. The molecular weight excluding hydrogens is 225 g/mol. The predicted molar refractivity (Wildman–Crippen MR) is 56.4 cm³/mol. The van der Waals surface area contributed by atoms with Crippen molar-refractivity contribution in [3.63, 3.8) is 0 Å². The molecule has 2 rings (SSSR count). The van der Waals surface area contributed by atoms with Crippen molar-refractivity contribution in [3.05, 3.63) is 42.0 Å². The van der Waals surface area contributed by atoms with Crippen molar-refractivity contribution >= 4 is 5.91 Å². The molecule has 17 heavy (non-hydrogen) atoms. The van der Waals surface area contributed by atoms with Gasteiger partial charge in [0.05, 0.1) is 6.54 Å². The van der Waals surface area contributed by atoms with Crippen molar-refractivity contribution in [2.45, 2.75) is 6.54 Å². The Kier molecular flexibility index (Phi) is 3.08. The van der Waals surface area contributed by atoms with Crippen LogP contribution in [0.25, 0.3) is 0 Å². The first-order valence-corrected chi connectivity index (χ1v) is 4.89. The van der Waals surface area contributed by atoms with Crippen molar-refractivity contribution in [3.8, 4) is 0 Å². The smallest absolute Gasteiger partial charge is 0.272 e. The van der Waals surface area contributed by atoms with Crippen LogP contribution in [0.4, 0.5) is 4.39 Å². The lowest BCUT2D eigenvalue weighted by atomic mass is 10.3. The van der Waals surface area contributed by atoms with E-state index in [-0.39, 0.29) is 18.1 Å². The third-order valence-corrected chi connectivity index (χ3v) is 2.13. The number of nitrogens with one attached hydrogen (secondary N) is 1.